The van der Waals surface area contributed by atoms with Gasteiger partial charge in [0.15, 0.2) is 6.61 Å². The molecule has 1 aliphatic rings. The first kappa shape index (κ1) is 24.6. The summed E-state index contributed by atoms with van der Waals surface area (Å²) in [6.45, 7) is -0.482. The van der Waals surface area contributed by atoms with E-state index in [9.17, 15) is 28.7 Å². The minimum atomic E-state index is -0.941. The van der Waals surface area contributed by atoms with E-state index in [-0.39, 0.29) is 34.0 Å². The van der Waals surface area contributed by atoms with Crippen LogP contribution in [0.3, 0.4) is 0 Å². The average molecular weight is 554 g/mol. The van der Waals surface area contributed by atoms with Gasteiger partial charge in [-0.15, -0.1) is 0 Å². The SMILES string of the molecule is O=C(COc1ccc(Br)cc1/C=C1/C(=O)NC(=O)N(c2ccc(O)cc2)C1=O)Nc1ccccc1F. The standard InChI is InChI=1S/C25H17BrFN3O6/c26-15-5-10-21(36-13-22(32)28-20-4-2-1-3-19(20)27)14(11-15)12-18-23(33)29-25(35)30(24(18)34)16-6-8-17(31)9-7-16/h1-12,31H,13H2,(H,28,32)(H,29,33,35)/b18-12-. The number of nitrogens with zero attached hydrogens (tertiary/aromatic N) is 1. The van der Waals surface area contributed by atoms with Crippen molar-refractivity contribution in [3.8, 4) is 11.5 Å². The van der Waals surface area contributed by atoms with Gasteiger partial charge < -0.3 is 15.2 Å². The summed E-state index contributed by atoms with van der Waals surface area (Å²) in [5.74, 6) is -2.94. The summed E-state index contributed by atoms with van der Waals surface area (Å²) >= 11 is 3.31. The molecule has 1 saturated heterocycles. The summed E-state index contributed by atoms with van der Waals surface area (Å²) < 4.78 is 19.9. The Morgan fingerprint density at radius 2 is 1.81 bits per heavy atom. The van der Waals surface area contributed by atoms with Crippen LogP contribution in [0.4, 0.5) is 20.6 Å². The smallest absolute Gasteiger partial charge is 0.335 e. The first-order valence-electron chi connectivity index (χ1n) is 10.4. The number of carbonyl (C=O) groups is 4. The van der Waals surface area contributed by atoms with Gasteiger partial charge in [0, 0.05) is 10.0 Å². The molecule has 4 rings (SSSR count). The highest BCUT2D eigenvalue weighted by Crippen LogP contribution is 2.28. The molecule has 182 valence electrons. The summed E-state index contributed by atoms with van der Waals surface area (Å²) in [6, 6.07) is 14.7. The number of carbonyl (C=O) groups excluding carboxylic acids is 4. The molecule has 1 heterocycles. The van der Waals surface area contributed by atoms with E-state index in [1.807, 2.05) is 0 Å². The molecule has 0 unspecified atom stereocenters. The maximum atomic E-state index is 13.8. The second-order valence-corrected chi connectivity index (χ2v) is 8.39. The molecule has 36 heavy (non-hydrogen) atoms. The Hall–Kier alpha value is -4.51. The number of amides is 5. The van der Waals surface area contributed by atoms with Crippen LogP contribution in [-0.2, 0) is 14.4 Å². The molecule has 0 aromatic heterocycles. The van der Waals surface area contributed by atoms with E-state index >= 15 is 0 Å². The lowest BCUT2D eigenvalue weighted by Crippen LogP contribution is -2.54. The molecule has 1 fully saturated rings. The number of anilines is 2. The number of phenols is 1. The number of para-hydroxylation sites is 1. The van der Waals surface area contributed by atoms with Gasteiger partial charge in [0.25, 0.3) is 17.7 Å². The van der Waals surface area contributed by atoms with Gasteiger partial charge in [0.2, 0.25) is 0 Å². The summed E-state index contributed by atoms with van der Waals surface area (Å²) in [5.41, 5.74) is 0.0416. The van der Waals surface area contributed by atoms with Crippen molar-refractivity contribution in [2.24, 2.45) is 0 Å². The molecule has 5 amide bonds. The third kappa shape index (κ3) is 5.41. The van der Waals surface area contributed by atoms with Crippen molar-refractivity contribution >= 4 is 57.1 Å². The van der Waals surface area contributed by atoms with E-state index in [4.69, 9.17) is 4.74 Å². The highest BCUT2D eigenvalue weighted by molar-refractivity contribution is 9.10. The molecular formula is C25H17BrFN3O6. The lowest BCUT2D eigenvalue weighted by atomic mass is 10.1. The van der Waals surface area contributed by atoms with E-state index in [2.05, 4.69) is 26.6 Å². The maximum Gasteiger partial charge on any atom is 0.335 e. The quantitative estimate of drug-likeness (QED) is 0.313. The Labute approximate surface area is 212 Å². The van der Waals surface area contributed by atoms with Crippen LogP contribution in [0.2, 0.25) is 0 Å². The van der Waals surface area contributed by atoms with Gasteiger partial charge in [0.1, 0.15) is 22.9 Å². The molecule has 0 saturated carbocycles. The van der Waals surface area contributed by atoms with Crippen LogP contribution in [0.5, 0.6) is 11.5 Å². The van der Waals surface area contributed by atoms with Gasteiger partial charge in [-0.25, -0.2) is 14.1 Å². The predicted molar refractivity (Wildman–Crippen MR) is 132 cm³/mol. The lowest BCUT2D eigenvalue weighted by molar-refractivity contribution is -0.122. The molecule has 0 spiro atoms. The molecule has 11 heteroatoms. The summed E-state index contributed by atoms with van der Waals surface area (Å²) in [4.78, 5) is 51.0. The molecule has 3 aromatic rings. The molecule has 3 N–H and O–H groups in total. The van der Waals surface area contributed by atoms with E-state index in [0.717, 1.165) is 4.90 Å². The van der Waals surface area contributed by atoms with Crippen LogP contribution >= 0.6 is 15.9 Å². The Bertz CT molecular complexity index is 1410. The largest absolute Gasteiger partial charge is 0.508 e. The zero-order chi connectivity index (χ0) is 25.8. The number of ether oxygens (including phenoxy) is 1. The second kappa shape index (κ2) is 10.4. The number of imide groups is 2. The second-order valence-electron chi connectivity index (χ2n) is 7.47. The molecule has 1 aliphatic heterocycles. The van der Waals surface area contributed by atoms with Crippen molar-refractivity contribution in [1.82, 2.24) is 5.32 Å². The van der Waals surface area contributed by atoms with Crippen LogP contribution < -0.4 is 20.3 Å². The lowest BCUT2D eigenvalue weighted by Gasteiger charge is -2.26. The van der Waals surface area contributed by atoms with Crippen LogP contribution in [0, 0.1) is 5.82 Å². The van der Waals surface area contributed by atoms with Gasteiger partial charge in [-0.3, -0.25) is 19.7 Å². The molecule has 9 nitrogen and oxygen atoms in total. The fourth-order valence-electron chi connectivity index (χ4n) is 3.30. The third-order valence-electron chi connectivity index (χ3n) is 4.99. The number of nitrogens with one attached hydrogen (secondary N) is 2. The first-order chi connectivity index (χ1) is 17.2. The van der Waals surface area contributed by atoms with Gasteiger partial charge in [-0.1, -0.05) is 28.1 Å². The van der Waals surface area contributed by atoms with Crippen LogP contribution in [-0.4, -0.2) is 35.5 Å². The number of hydrogen-bond donors (Lipinski definition) is 3. The van der Waals surface area contributed by atoms with Gasteiger partial charge in [-0.05, 0) is 60.7 Å². The maximum absolute atomic E-state index is 13.8. The number of halogens is 2. The number of aromatic hydroxyl groups is 1. The molecule has 0 atom stereocenters. The minimum absolute atomic E-state index is 0.00675. The highest BCUT2D eigenvalue weighted by Gasteiger charge is 2.37. The van der Waals surface area contributed by atoms with Crippen LogP contribution in [0.15, 0.2) is 76.8 Å². The van der Waals surface area contributed by atoms with Crippen molar-refractivity contribution in [2.75, 3.05) is 16.8 Å². The van der Waals surface area contributed by atoms with E-state index in [1.54, 1.807) is 18.2 Å². The Morgan fingerprint density at radius 3 is 2.53 bits per heavy atom. The molecule has 3 aromatic carbocycles. The first-order valence-corrected chi connectivity index (χ1v) is 11.2. The molecule has 0 aliphatic carbocycles. The topological polar surface area (TPSA) is 125 Å². The zero-order valence-corrected chi connectivity index (χ0v) is 19.9. The number of hydrogen-bond acceptors (Lipinski definition) is 6. The van der Waals surface area contributed by atoms with Crippen LogP contribution in [0.25, 0.3) is 6.08 Å². The normalized spacial score (nSPS) is 14.6. The molecular weight excluding hydrogens is 537 g/mol. The fraction of sp³-hybridized carbons (Fsp3) is 0.0400. The molecule has 0 radical (unpaired) electrons. The monoisotopic (exact) mass is 553 g/mol. The Balaban J connectivity index is 1.58. The van der Waals surface area contributed by atoms with Crippen molar-refractivity contribution in [1.29, 1.82) is 0 Å². The fourth-order valence-corrected chi connectivity index (χ4v) is 3.68. The van der Waals surface area contributed by atoms with Crippen molar-refractivity contribution in [2.45, 2.75) is 0 Å². The Morgan fingerprint density at radius 1 is 1.08 bits per heavy atom. The number of benzene rings is 3. The number of urea groups is 1. The third-order valence-corrected chi connectivity index (χ3v) is 5.48. The molecule has 0 bridgehead atoms. The summed E-state index contributed by atoms with van der Waals surface area (Å²) in [7, 11) is 0. The average Bonchev–Trinajstić information content (AvgIpc) is 2.84. The number of barbiturate groups is 1. The van der Waals surface area contributed by atoms with Crippen molar-refractivity contribution < 1.29 is 33.4 Å². The van der Waals surface area contributed by atoms with Crippen LogP contribution in [0.1, 0.15) is 5.56 Å². The number of phenolic OH excluding ortho intramolecular Hbond substituents is 1. The van der Waals surface area contributed by atoms with Gasteiger partial charge in [-0.2, -0.15) is 0 Å². The van der Waals surface area contributed by atoms with Gasteiger partial charge in [0.05, 0.1) is 11.4 Å². The zero-order valence-electron chi connectivity index (χ0n) is 18.3. The van der Waals surface area contributed by atoms with Gasteiger partial charge >= 0.3 is 6.03 Å². The van der Waals surface area contributed by atoms with E-state index in [1.165, 1.54) is 54.6 Å². The number of rotatable bonds is 6. The van der Waals surface area contributed by atoms with Crippen molar-refractivity contribution in [3.63, 3.8) is 0 Å². The highest BCUT2D eigenvalue weighted by atomic mass is 79.9. The minimum Gasteiger partial charge on any atom is -0.508 e. The van der Waals surface area contributed by atoms with E-state index < -0.39 is 36.2 Å². The summed E-state index contributed by atoms with van der Waals surface area (Å²) in [5, 5.41) is 14.0. The predicted octanol–water partition coefficient (Wildman–Crippen LogP) is 3.98. The Kier molecular flexibility index (Phi) is 7.11. The van der Waals surface area contributed by atoms with E-state index in [0.29, 0.717) is 4.47 Å². The van der Waals surface area contributed by atoms with Crippen molar-refractivity contribution in [3.05, 3.63) is 88.2 Å². The summed E-state index contributed by atoms with van der Waals surface area (Å²) in [6.07, 6.45) is 1.23.